The molecule has 10 nitrogen and oxygen atoms in total. The maximum Gasteiger partial charge on any atom is 0.408 e. The summed E-state index contributed by atoms with van der Waals surface area (Å²) in [6.45, 7) is 8.51. The van der Waals surface area contributed by atoms with Gasteiger partial charge in [-0.15, -0.1) is 0 Å². The van der Waals surface area contributed by atoms with Crippen LogP contribution in [0, 0.1) is 26.3 Å². The summed E-state index contributed by atoms with van der Waals surface area (Å²) >= 11 is 0. The van der Waals surface area contributed by atoms with Crippen molar-refractivity contribution in [3.05, 3.63) is 59.2 Å². The van der Waals surface area contributed by atoms with Crippen LogP contribution in [0.4, 0.5) is 10.5 Å². The Balaban J connectivity index is 2.53. The molecule has 2 aromatic carbocycles. The van der Waals surface area contributed by atoms with Crippen LogP contribution in [0.1, 0.15) is 49.9 Å². The number of aryl methyl sites for hydroxylation is 2. The molecule has 0 aliphatic rings. The van der Waals surface area contributed by atoms with Crippen molar-refractivity contribution in [1.82, 2.24) is 10.2 Å². The highest BCUT2D eigenvalue weighted by Gasteiger charge is 2.38. The number of nitrogens with two attached hydrogens (primary N) is 1. The summed E-state index contributed by atoms with van der Waals surface area (Å²) in [7, 11) is 1.52. The second-order valence-corrected chi connectivity index (χ2v) is 9.63. The number of anilines is 1. The van der Waals surface area contributed by atoms with Crippen LogP contribution in [-0.2, 0) is 19.1 Å². The molecule has 0 aliphatic heterocycles. The quantitative estimate of drug-likeness (QED) is 0.341. The number of terminal acetylenes is 1. The summed E-state index contributed by atoms with van der Waals surface area (Å²) < 4.78 is 10.4. The molecule has 0 heterocycles. The molecule has 2 aromatic rings. The predicted molar refractivity (Wildman–Crippen MR) is 143 cm³/mol. The van der Waals surface area contributed by atoms with E-state index in [9.17, 15) is 19.2 Å². The minimum Gasteiger partial charge on any atom is -0.497 e. The summed E-state index contributed by atoms with van der Waals surface area (Å²) in [5, 5.41) is 5.14. The Bertz CT molecular complexity index is 1210. The Morgan fingerprint density at radius 2 is 1.63 bits per heavy atom. The Morgan fingerprint density at radius 3 is 2.11 bits per heavy atom. The third kappa shape index (κ3) is 8.00. The number of alkyl carbamates (subject to hydrolysis) is 1. The zero-order valence-corrected chi connectivity index (χ0v) is 22.5. The molecule has 0 spiro atoms. The van der Waals surface area contributed by atoms with Crippen molar-refractivity contribution in [2.75, 3.05) is 12.4 Å². The minimum atomic E-state index is -1.47. The molecule has 0 fully saturated rings. The molecule has 0 saturated heterocycles. The van der Waals surface area contributed by atoms with E-state index in [2.05, 4.69) is 16.7 Å². The lowest BCUT2D eigenvalue weighted by atomic mass is 9.93. The number of nitrogens with zero attached hydrogens (tertiary/aromatic N) is 1. The number of rotatable bonds is 9. The molecule has 202 valence electrons. The fraction of sp³-hybridized carbons (Fsp3) is 0.357. The molecule has 2 rings (SSSR count). The fourth-order valence-electron chi connectivity index (χ4n) is 3.81. The van der Waals surface area contributed by atoms with Crippen LogP contribution in [0.5, 0.6) is 5.75 Å². The van der Waals surface area contributed by atoms with Crippen LogP contribution in [0.25, 0.3) is 0 Å². The summed E-state index contributed by atoms with van der Waals surface area (Å²) in [5.74, 6) is -1.75. The monoisotopic (exact) mass is 522 g/mol. The van der Waals surface area contributed by atoms with Gasteiger partial charge in [0.05, 0.1) is 13.5 Å². The molecular weight excluding hydrogens is 488 g/mol. The molecule has 4 N–H and O–H groups in total. The van der Waals surface area contributed by atoms with Gasteiger partial charge < -0.3 is 25.8 Å². The number of hydrogen-bond acceptors (Lipinski definition) is 6. The lowest BCUT2D eigenvalue weighted by Gasteiger charge is -2.31. The summed E-state index contributed by atoms with van der Waals surface area (Å²) in [4.78, 5) is 52.5. The van der Waals surface area contributed by atoms with E-state index < -0.39 is 47.9 Å². The van der Waals surface area contributed by atoms with Gasteiger partial charge in [0.1, 0.15) is 23.4 Å². The first kappa shape index (κ1) is 29.7. The average molecular weight is 523 g/mol. The zero-order valence-electron chi connectivity index (χ0n) is 22.5. The number of primary amides is 1. The van der Waals surface area contributed by atoms with Crippen molar-refractivity contribution in [2.45, 2.75) is 58.7 Å². The van der Waals surface area contributed by atoms with E-state index in [-0.39, 0.29) is 0 Å². The van der Waals surface area contributed by atoms with E-state index in [0.717, 1.165) is 4.90 Å². The Morgan fingerprint density at radius 1 is 1.05 bits per heavy atom. The van der Waals surface area contributed by atoms with Crippen molar-refractivity contribution in [3.8, 4) is 18.2 Å². The van der Waals surface area contributed by atoms with E-state index in [1.807, 2.05) is 6.07 Å². The topological polar surface area (TPSA) is 140 Å². The number of ether oxygens (including phenoxy) is 2. The number of nitrogens with one attached hydrogen (secondary N) is 2. The van der Waals surface area contributed by atoms with Crippen molar-refractivity contribution in [2.24, 2.45) is 5.73 Å². The van der Waals surface area contributed by atoms with Gasteiger partial charge in [0, 0.05) is 11.7 Å². The van der Waals surface area contributed by atoms with Gasteiger partial charge in [0.15, 0.2) is 0 Å². The Labute approximate surface area is 222 Å². The SMILES string of the molecule is C#CN(C(=O)C(CC(N)=O)NC(=O)OC(C)(C)C)C(C(=O)Nc1ccc(OC)cc1)c1c(C)cccc1C. The number of carbonyl (C=O) groups is 4. The van der Waals surface area contributed by atoms with Gasteiger partial charge >= 0.3 is 6.09 Å². The molecule has 0 radical (unpaired) electrons. The zero-order chi connectivity index (χ0) is 28.6. The maximum absolute atomic E-state index is 13.7. The van der Waals surface area contributed by atoms with Gasteiger partial charge in [0.25, 0.3) is 11.8 Å². The lowest BCUT2D eigenvalue weighted by Crippen LogP contribution is -2.52. The number of carbonyl (C=O) groups excluding carboxylic acids is 4. The highest BCUT2D eigenvalue weighted by Crippen LogP contribution is 2.30. The average Bonchev–Trinajstić information content (AvgIpc) is 2.81. The van der Waals surface area contributed by atoms with Crippen LogP contribution in [0.15, 0.2) is 42.5 Å². The van der Waals surface area contributed by atoms with Crippen LogP contribution < -0.4 is 21.1 Å². The highest BCUT2D eigenvalue weighted by atomic mass is 16.6. The van der Waals surface area contributed by atoms with E-state index in [4.69, 9.17) is 21.6 Å². The molecule has 38 heavy (non-hydrogen) atoms. The van der Waals surface area contributed by atoms with Crippen LogP contribution in [0.2, 0.25) is 0 Å². The van der Waals surface area contributed by atoms with Gasteiger partial charge in [-0.2, -0.15) is 0 Å². The number of amides is 4. The number of methoxy groups -OCH3 is 1. The first-order valence-electron chi connectivity index (χ1n) is 11.9. The Hall–Kier alpha value is -4.52. The first-order chi connectivity index (χ1) is 17.8. The van der Waals surface area contributed by atoms with Gasteiger partial charge in [-0.05, 0) is 75.6 Å². The van der Waals surface area contributed by atoms with Crippen molar-refractivity contribution in [3.63, 3.8) is 0 Å². The second kappa shape index (κ2) is 12.6. The molecule has 0 aliphatic carbocycles. The van der Waals surface area contributed by atoms with Crippen LogP contribution in [0.3, 0.4) is 0 Å². The first-order valence-corrected chi connectivity index (χ1v) is 11.9. The number of hydrogen-bond donors (Lipinski definition) is 3. The molecule has 0 saturated carbocycles. The fourth-order valence-corrected chi connectivity index (χ4v) is 3.81. The normalized spacial score (nSPS) is 12.3. The van der Waals surface area contributed by atoms with Gasteiger partial charge in [-0.25, -0.2) is 4.79 Å². The van der Waals surface area contributed by atoms with E-state index in [0.29, 0.717) is 28.1 Å². The van der Waals surface area contributed by atoms with E-state index >= 15 is 0 Å². The van der Waals surface area contributed by atoms with Crippen molar-refractivity contribution >= 4 is 29.5 Å². The molecular formula is C28H34N4O6. The van der Waals surface area contributed by atoms with Gasteiger partial charge in [0.2, 0.25) is 5.91 Å². The van der Waals surface area contributed by atoms with Gasteiger partial charge in [-0.1, -0.05) is 24.6 Å². The van der Waals surface area contributed by atoms with Crippen LogP contribution in [-0.4, -0.2) is 47.5 Å². The Kier molecular flexibility index (Phi) is 9.88. The summed E-state index contributed by atoms with van der Waals surface area (Å²) in [6.07, 6.45) is 4.28. The molecule has 0 aromatic heterocycles. The highest BCUT2D eigenvalue weighted by molar-refractivity contribution is 6.00. The predicted octanol–water partition coefficient (Wildman–Crippen LogP) is 3.18. The van der Waals surface area contributed by atoms with Crippen molar-refractivity contribution < 1.29 is 28.7 Å². The molecule has 4 amide bonds. The smallest absolute Gasteiger partial charge is 0.408 e. The van der Waals surface area contributed by atoms with Crippen molar-refractivity contribution in [1.29, 1.82) is 0 Å². The molecule has 10 heteroatoms. The summed E-state index contributed by atoms with van der Waals surface area (Å²) in [6, 6.07) is 11.5. The minimum absolute atomic E-state index is 0.442. The maximum atomic E-state index is 13.7. The third-order valence-corrected chi connectivity index (χ3v) is 5.45. The molecule has 0 bridgehead atoms. The largest absolute Gasteiger partial charge is 0.497 e. The third-order valence-electron chi connectivity index (χ3n) is 5.45. The van der Waals surface area contributed by atoms with Crippen LogP contribution >= 0.6 is 0 Å². The standard InChI is InChI=1S/C28H34N4O6/c1-8-32(26(35)21(16-22(29)33)31-27(36)38-28(4,5)6)24(23-17(2)10-9-11-18(23)3)25(34)30-19-12-14-20(37-7)15-13-19/h1,9-15,21,24H,16H2,2-7H3,(H2,29,33)(H,30,34)(H,31,36). The number of benzene rings is 2. The van der Waals surface area contributed by atoms with Gasteiger partial charge in [-0.3, -0.25) is 19.3 Å². The van der Waals surface area contributed by atoms with E-state index in [1.54, 1.807) is 71.0 Å². The molecule has 2 atom stereocenters. The molecule has 2 unspecified atom stereocenters. The second-order valence-electron chi connectivity index (χ2n) is 9.63. The van der Waals surface area contributed by atoms with E-state index in [1.165, 1.54) is 7.11 Å². The summed E-state index contributed by atoms with van der Waals surface area (Å²) in [5.41, 5.74) is 6.85. The lowest BCUT2D eigenvalue weighted by molar-refractivity contribution is -0.138.